The number of hydrogen-bond donors (Lipinski definition) is 1. The predicted octanol–water partition coefficient (Wildman–Crippen LogP) is 2.17. The highest BCUT2D eigenvalue weighted by Crippen LogP contribution is 2.23. The van der Waals surface area contributed by atoms with Crippen molar-refractivity contribution in [1.29, 1.82) is 0 Å². The standard InChI is InChI=1S/C13H15NO2/c1-16-11-4-5-13-12(9-11)10(3-2-8-15)6-7-14-13/h4-7,9,15H,2-3,8H2,1H3. The molecule has 0 amide bonds. The fraction of sp³-hybridized carbons (Fsp3) is 0.308. The minimum atomic E-state index is 0.216. The first-order valence-electron chi connectivity index (χ1n) is 5.37. The topological polar surface area (TPSA) is 42.4 Å². The third kappa shape index (κ3) is 2.14. The highest BCUT2D eigenvalue weighted by atomic mass is 16.5. The number of aromatic nitrogens is 1. The summed E-state index contributed by atoms with van der Waals surface area (Å²) in [5, 5.41) is 9.97. The Labute approximate surface area is 94.7 Å². The lowest BCUT2D eigenvalue weighted by molar-refractivity contribution is 0.289. The quantitative estimate of drug-likeness (QED) is 0.853. The minimum absolute atomic E-state index is 0.216. The average molecular weight is 217 g/mol. The van der Waals surface area contributed by atoms with Crippen LogP contribution in [0.5, 0.6) is 5.75 Å². The van der Waals surface area contributed by atoms with E-state index in [1.165, 1.54) is 5.56 Å². The van der Waals surface area contributed by atoms with Gasteiger partial charge in [-0.25, -0.2) is 0 Å². The van der Waals surface area contributed by atoms with Gasteiger partial charge in [0, 0.05) is 18.2 Å². The van der Waals surface area contributed by atoms with Crippen LogP contribution >= 0.6 is 0 Å². The molecule has 1 aromatic carbocycles. The summed E-state index contributed by atoms with van der Waals surface area (Å²) < 4.78 is 5.20. The molecule has 0 saturated carbocycles. The maximum Gasteiger partial charge on any atom is 0.119 e. The summed E-state index contributed by atoms with van der Waals surface area (Å²) in [5.41, 5.74) is 2.18. The zero-order valence-electron chi connectivity index (χ0n) is 9.31. The highest BCUT2D eigenvalue weighted by Gasteiger charge is 2.03. The minimum Gasteiger partial charge on any atom is -0.497 e. The van der Waals surface area contributed by atoms with Crippen molar-refractivity contribution < 1.29 is 9.84 Å². The Morgan fingerprint density at radius 3 is 2.94 bits per heavy atom. The number of rotatable bonds is 4. The number of hydrogen-bond acceptors (Lipinski definition) is 3. The van der Waals surface area contributed by atoms with E-state index in [4.69, 9.17) is 9.84 Å². The van der Waals surface area contributed by atoms with Gasteiger partial charge in [-0.05, 0) is 42.7 Å². The molecule has 0 saturated heterocycles. The molecule has 1 heterocycles. The van der Waals surface area contributed by atoms with E-state index in [1.807, 2.05) is 30.5 Å². The summed E-state index contributed by atoms with van der Waals surface area (Å²) in [5.74, 6) is 0.839. The lowest BCUT2D eigenvalue weighted by Gasteiger charge is -2.07. The number of methoxy groups -OCH3 is 1. The Balaban J connectivity index is 2.46. The Morgan fingerprint density at radius 2 is 2.19 bits per heavy atom. The summed E-state index contributed by atoms with van der Waals surface area (Å²) in [6.07, 6.45) is 3.44. The first-order chi connectivity index (χ1) is 7.85. The maximum absolute atomic E-state index is 8.86. The van der Waals surface area contributed by atoms with Crippen molar-refractivity contribution >= 4 is 10.9 Å². The molecule has 84 valence electrons. The number of pyridine rings is 1. The number of fused-ring (bicyclic) bond motifs is 1. The Bertz CT molecular complexity index is 482. The highest BCUT2D eigenvalue weighted by molar-refractivity contribution is 5.83. The normalized spacial score (nSPS) is 10.6. The summed E-state index contributed by atoms with van der Waals surface area (Å²) in [6, 6.07) is 7.86. The molecule has 0 fully saturated rings. The molecule has 0 aliphatic heterocycles. The summed E-state index contributed by atoms with van der Waals surface area (Å²) in [7, 11) is 1.66. The number of aryl methyl sites for hydroxylation is 1. The van der Waals surface area contributed by atoms with Gasteiger partial charge in [0.15, 0.2) is 0 Å². The van der Waals surface area contributed by atoms with E-state index < -0.39 is 0 Å². The zero-order valence-corrected chi connectivity index (χ0v) is 9.31. The van der Waals surface area contributed by atoms with E-state index >= 15 is 0 Å². The second-order valence-electron chi connectivity index (χ2n) is 3.68. The monoisotopic (exact) mass is 217 g/mol. The van der Waals surface area contributed by atoms with E-state index in [1.54, 1.807) is 7.11 Å². The van der Waals surface area contributed by atoms with Gasteiger partial charge >= 0.3 is 0 Å². The number of aliphatic hydroxyl groups is 1. The Morgan fingerprint density at radius 1 is 1.31 bits per heavy atom. The van der Waals surface area contributed by atoms with Gasteiger partial charge in [0.2, 0.25) is 0 Å². The van der Waals surface area contributed by atoms with Crippen LogP contribution < -0.4 is 4.74 Å². The molecule has 0 bridgehead atoms. The number of aliphatic hydroxyl groups excluding tert-OH is 1. The molecular formula is C13H15NO2. The van der Waals surface area contributed by atoms with Crippen LogP contribution in [0.2, 0.25) is 0 Å². The molecule has 16 heavy (non-hydrogen) atoms. The van der Waals surface area contributed by atoms with Crippen molar-refractivity contribution in [2.45, 2.75) is 12.8 Å². The van der Waals surface area contributed by atoms with Crippen LogP contribution in [0, 0.1) is 0 Å². The van der Waals surface area contributed by atoms with Crippen molar-refractivity contribution in [3.05, 3.63) is 36.0 Å². The second-order valence-corrected chi connectivity index (χ2v) is 3.68. The van der Waals surface area contributed by atoms with Gasteiger partial charge in [0.05, 0.1) is 12.6 Å². The zero-order chi connectivity index (χ0) is 11.4. The molecule has 3 heteroatoms. The molecule has 2 rings (SSSR count). The lowest BCUT2D eigenvalue weighted by Crippen LogP contribution is -1.93. The van der Waals surface area contributed by atoms with E-state index in [2.05, 4.69) is 4.98 Å². The van der Waals surface area contributed by atoms with Crippen molar-refractivity contribution in [3.63, 3.8) is 0 Å². The average Bonchev–Trinajstić information content (AvgIpc) is 2.35. The SMILES string of the molecule is COc1ccc2nccc(CCCO)c2c1. The first kappa shape index (κ1) is 10.9. The van der Waals surface area contributed by atoms with Crippen LogP contribution in [0.25, 0.3) is 10.9 Å². The molecule has 0 aliphatic carbocycles. The van der Waals surface area contributed by atoms with Gasteiger partial charge in [0.1, 0.15) is 5.75 Å². The fourth-order valence-electron chi connectivity index (χ4n) is 1.80. The van der Waals surface area contributed by atoms with Gasteiger partial charge < -0.3 is 9.84 Å². The number of nitrogens with zero attached hydrogens (tertiary/aromatic N) is 1. The van der Waals surface area contributed by atoms with Crippen LogP contribution in [0.4, 0.5) is 0 Å². The Hall–Kier alpha value is -1.61. The van der Waals surface area contributed by atoms with E-state index in [9.17, 15) is 0 Å². The molecule has 0 spiro atoms. The van der Waals surface area contributed by atoms with Gasteiger partial charge in [-0.1, -0.05) is 0 Å². The molecule has 1 N–H and O–H groups in total. The van der Waals surface area contributed by atoms with E-state index in [-0.39, 0.29) is 6.61 Å². The molecule has 0 radical (unpaired) electrons. The molecule has 2 aromatic rings. The van der Waals surface area contributed by atoms with Gasteiger partial charge in [0.25, 0.3) is 0 Å². The molecule has 0 aliphatic rings. The Kier molecular flexibility index (Phi) is 3.37. The van der Waals surface area contributed by atoms with Crippen molar-refractivity contribution in [2.75, 3.05) is 13.7 Å². The van der Waals surface area contributed by atoms with Crippen molar-refractivity contribution in [3.8, 4) is 5.75 Å². The van der Waals surface area contributed by atoms with Crippen molar-refractivity contribution in [1.82, 2.24) is 4.98 Å². The first-order valence-corrected chi connectivity index (χ1v) is 5.37. The smallest absolute Gasteiger partial charge is 0.119 e. The van der Waals surface area contributed by atoms with Crippen LogP contribution in [-0.4, -0.2) is 23.8 Å². The summed E-state index contributed by atoms with van der Waals surface area (Å²) in [6.45, 7) is 0.216. The largest absolute Gasteiger partial charge is 0.497 e. The van der Waals surface area contributed by atoms with Crippen LogP contribution in [0.3, 0.4) is 0 Å². The summed E-state index contributed by atoms with van der Waals surface area (Å²) >= 11 is 0. The second kappa shape index (κ2) is 4.94. The van der Waals surface area contributed by atoms with E-state index in [0.29, 0.717) is 0 Å². The summed E-state index contributed by atoms with van der Waals surface area (Å²) in [4.78, 5) is 4.31. The van der Waals surface area contributed by atoms with Crippen LogP contribution in [0.1, 0.15) is 12.0 Å². The van der Waals surface area contributed by atoms with Crippen molar-refractivity contribution in [2.24, 2.45) is 0 Å². The van der Waals surface area contributed by atoms with Gasteiger partial charge in [-0.2, -0.15) is 0 Å². The van der Waals surface area contributed by atoms with Gasteiger partial charge in [-0.3, -0.25) is 4.98 Å². The molecule has 0 atom stereocenters. The third-order valence-electron chi connectivity index (χ3n) is 2.64. The predicted molar refractivity (Wildman–Crippen MR) is 63.7 cm³/mol. The molecule has 1 aromatic heterocycles. The number of benzene rings is 1. The van der Waals surface area contributed by atoms with Gasteiger partial charge in [-0.15, -0.1) is 0 Å². The maximum atomic E-state index is 8.86. The molecule has 3 nitrogen and oxygen atoms in total. The fourth-order valence-corrected chi connectivity index (χ4v) is 1.80. The lowest BCUT2D eigenvalue weighted by atomic mass is 10.0. The van der Waals surface area contributed by atoms with Crippen LogP contribution in [-0.2, 0) is 6.42 Å². The molecule has 0 unspecified atom stereocenters. The van der Waals surface area contributed by atoms with Crippen LogP contribution in [0.15, 0.2) is 30.5 Å². The number of ether oxygens (including phenoxy) is 1. The van der Waals surface area contributed by atoms with E-state index in [0.717, 1.165) is 29.5 Å². The third-order valence-corrected chi connectivity index (χ3v) is 2.64. The molecular weight excluding hydrogens is 202 g/mol.